The molecule has 0 saturated heterocycles. The van der Waals surface area contributed by atoms with Gasteiger partial charge in [-0.15, -0.1) is 0 Å². The Morgan fingerprint density at radius 2 is 2.15 bits per heavy atom. The van der Waals surface area contributed by atoms with Crippen LogP contribution in [0.2, 0.25) is 0 Å². The first-order chi connectivity index (χ1) is 6.20. The zero-order valence-corrected chi connectivity index (χ0v) is 7.58. The molecule has 1 heterocycles. The van der Waals surface area contributed by atoms with E-state index in [9.17, 15) is 8.78 Å². The first-order valence-electron chi connectivity index (χ1n) is 3.59. The van der Waals surface area contributed by atoms with Crippen molar-refractivity contribution in [3.05, 3.63) is 23.8 Å². The van der Waals surface area contributed by atoms with Gasteiger partial charge < -0.3 is 4.98 Å². The number of nitrogens with one attached hydrogen (secondary N) is 1. The predicted octanol–water partition coefficient (Wildman–Crippen LogP) is 2.56. The van der Waals surface area contributed by atoms with Gasteiger partial charge in [0.05, 0.1) is 5.52 Å². The second-order valence-corrected chi connectivity index (χ2v) is 3.32. The van der Waals surface area contributed by atoms with Crippen molar-refractivity contribution < 1.29 is 8.78 Å². The van der Waals surface area contributed by atoms with Crippen molar-refractivity contribution in [2.75, 3.05) is 6.26 Å². The molecular formula is C8H6F2N2S. The highest BCUT2D eigenvalue weighted by atomic mass is 32.2. The van der Waals surface area contributed by atoms with Crippen LogP contribution in [0.3, 0.4) is 0 Å². The average Bonchev–Trinajstić information content (AvgIpc) is 2.47. The maximum Gasteiger partial charge on any atom is 0.166 e. The molecule has 0 amide bonds. The molecule has 0 spiro atoms. The fourth-order valence-electron chi connectivity index (χ4n) is 1.12. The Bertz CT molecular complexity index is 453. The summed E-state index contributed by atoms with van der Waals surface area (Å²) >= 11 is 1.35. The number of H-pyrrole nitrogens is 1. The molecule has 2 aromatic rings. The van der Waals surface area contributed by atoms with Crippen LogP contribution in [0.1, 0.15) is 0 Å². The number of hydrogen-bond acceptors (Lipinski definition) is 2. The van der Waals surface area contributed by atoms with Crippen molar-refractivity contribution in [2.24, 2.45) is 0 Å². The molecule has 0 aliphatic heterocycles. The van der Waals surface area contributed by atoms with Crippen LogP contribution in [0.15, 0.2) is 17.3 Å². The van der Waals surface area contributed by atoms with Crippen LogP contribution in [-0.4, -0.2) is 16.2 Å². The van der Waals surface area contributed by atoms with E-state index in [1.807, 2.05) is 6.26 Å². The summed E-state index contributed by atoms with van der Waals surface area (Å²) in [7, 11) is 0. The second-order valence-electron chi connectivity index (χ2n) is 2.53. The van der Waals surface area contributed by atoms with Gasteiger partial charge in [0.25, 0.3) is 0 Å². The fraction of sp³-hybridized carbons (Fsp3) is 0.125. The molecule has 0 aliphatic carbocycles. The van der Waals surface area contributed by atoms with Crippen LogP contribution in [0.25, 0.3) is 11.0 Å². The summed E-state index contributed by atoms with van der Waals surface area (Å²) in [6.45, 7) is 0. The SMILES string of the molecule is CSc1nc2c(F)cc(F)cc2[nH]1. The summed E-state index contributed by atoms with van der Waals surface area (Å²) in [5.74, 6) is -1.23. The van der Waals surface area contributed by atoms with Gasteiger partial charge in [-0.2, -0.15) is 0 Å². The highest BCUT2D eigenvalue weighted by Gasteiger charge is 2.08. The number of fused-ring (bicyclic) bond motifs is 1. The lowest BCUT2D eigenvalue weighted by molar-refractivity contribution is 0.590. The number of rotatable bonds is 1. The summed E-state index contributed by atoms with van der Waals surface area (Å²) in [6.07, 6.45) is 1.81. The molecule has 0 unspecified atom stereocenters. The van der Waals surface area contributed by atoms with E-state index >= 15 is 0 Å². The number of thioether (sulfide) groups is 1. The van der Waals surface area contributed by atoms with E-state index in [1.54, 1.807) is 0 Å². The normalized spacial score (nSPS) is 11.0. The van der Waals surface area contributed by atoms with Gasteiger partial charge in [0.15, 0.2) is 11.0 Å². The Hall–Kier alpha value is -1.10. The topological polar surface area (TPSA) is 28.7 Å². The van der Waals surface area contributed by atoms with Gasteiger partial charge in [-0.25, -0.2) is 13.8 Å². The number of hydrogen-bond donors (Lipinski definition) is 1. The van der Waals surface area contributed by atoms with Crippen LogP contribution in [0.5, 0.6) is 0 Å². The average molecular weight is 200 g/mol. The largest absolute Gasteiger partial charge is 0.333 e. The molecule has 1 aromatic heterocycles. The van der Waals surface area contributed by atoms with E-state index in [2.05, 4.69) is 9.97 Å². The number of aromatic nitrogens is 2. The molecule has 0 aliphatic rings. The van der Waals surface area contributed by atoms with Gasteiger partial charge in [0, 0.05) is 6.07 Å². The highest BCUT2D eigenvalue weighted by molar-refractivity contribution is 7.98. The Morgan fingerprint density at radius 1 is 1.38 bits per heavy atom. The first-order valence-corrected chi connectivity index (χ1v) is 4.82. The number of nitrogens with zero attached hydrogens (tertiary/aromatic N) is 1. The molecule has 2 nitrogen and oxygen atoms in total. The minimum Gasteiger partial charge on any atom is -0.333 e. The van der Waals surface area contributed by atoms with E-state index in [0.29, 0.717) is 10.7 Å². The lowest BCUT2D eigenvalue weighted by Gasteiger charge is -1.90. The van der Waals surface area contributed by atoms with E-state index in [0.717, 1.165) is 6.07 Å². The molecule has 1 N–H and O–H groups in total. The van der Waals surface area contributed by atoms with Crippen molar-refractivity contribution >= 4 is 22.8 Å². The van der Waals surface area contributed by atoms with Gasteiger partial charge in [0.2, 0.25) is 0 Å². The molecule has 0 saturated carbocycles. The summed E-state index contributed by atoms with van der Waals surface area (Å²) in [5, 5.41) is 0.583. The Kier molecular flexibility index (Phi) is 1.95. The molecule has 0 atom stereocenters. The van der Waals surface area contributed by atoms with Gasteiger partial charge in [-0.3, -0.25) is 0 Å². The Labute approximate surface area is 77.4 Å². The van der Waals surface area contributed by atoms with Crippen molar-refractivity contribution in [2.45, 2.75) is 5.16 Å². The van der Waals surface area contributed by atoms with Crippen molar-refractivity contribution in [3.63, 3.8) is 0 Å². The summed E-state index contributed by atoms with van der Waals surface area (Å²) < 4.78 is 25.8. The smallest absolute Gasteiger partial charge is 0.166 e. The van der Waals surface area contributed by atoms with Gasteiger partial charge in [-0.05, 0) is 12.3 Å². The van der Waals surface area contributed by atoms with Crippen LogP contribution in [-0.2, 0) is 0 Å². The molecule has 1 aromatic carbocycles. The van der Waals surface area contributed by atoms with E-state index in [1.165, 1.54) is 17.8 Å². The predicted molar refractivity (Wildman–Crippen MR) is 47.8 cm³/mol. The fourth-order valence-corrected chi connectivity index (χ4v) is 1.51. The molecule has 0 fully saturated rings. The molecular weight excluding hydrogens is 194 g/mol. The molecule has 5 heteroatoms. The highest BCUT2D eigenvalue weighted by Crippen LogP contribution is 2.20. The maximum atomic E-state index is 13.1. The van der Waals surface area contributed by atoms with E-state index in [4.69, 9.17) is 0 Å². The van der Waals surface area contributed by atoms with Gasteiger partial charge in [0.1, 0.15) is 11.3 Å². The summed E-state index contributed by atoms with van der Waals surface area (Å²) in [4.78, 5) is 6.74. The minimum atomic E-state index is -0.633. The Balaban J connectivity index is 2.75. The van der Waals surface area contributed by atoms with Crippen LogP contribution >= 0.6 is 11.8 Å². The van der Waals surface area contributed by atoms with Crippen LogP contribution in [0.4, 0.5) is 8.78 Å². The molecule has 0 radical (unpaired) electrons. The first kappa shape index (κ1) is 8.50. The van der Waals surface area contributed by atoms with Crippen LogP contribution < -0.4 is 0 Å². The van der Waals surface area contributed by atoms with Crippen molar-refractivity contribution in [3.8, 4) is 0 Å². The summed E-state index contributed by atoms with van der Waals surface area (Å²) in [6, 6.07) is 2.05. The number of halogens is 2. The molecule has 0 bridgehead atoms. The molecule has 13 heavy (non-hydrogen) atoms. The number of imidazole rings is 1. The van der Waals surface area contributed by atoms with Crippen molar-refractivity contribution in [1.29, 1.82) is 0 Å². The van der Waals surface area contributed by atoms with Crippen LogP contribution in [0, 0.1) is 11.6 Å². The number of aromatic amines is 1. The monoisotopic (exact) mass is 200 g/mol. The van der Waals surface area contributed by atoms with E-state index in [-0.39, 0.29) is 5.52 Å². The third kappa shape index (κ3) is 1.39. The van der Waals surface area contributed by atoms with Gasteiger partial charge in [-0.1, -0.05) is 11.8 Å². The lowest BCUT2D eigenvalue weighted by atomic mass is 10.3. The van der Waals surface area contributed by atoms with Gasteiger partial charge >= 0.3 is 0 Å². The lowest BCUT2D eigenvalue weighted by Crippen LogP contribution is -1.81. The van der Waals surface area contributed by atoms with Crippen molar-refractivity contribution in [1.82, 2.24) is 9.97 Å². The zero-order valence-electron chi connectivity index (χ0n) is 6.77. The Morgan fingerprint density at radius 3 is 2.85 bits per heavy atom. The standard InChI is InChI=1S/C8H6F2N2S/c1-13-8-11-6-3-4(9)2-5(10)7(6)12-8/h2-3H,1H3,(H,11,12). The second kappa shape index (κ2) is 2.99. The van der Waals surface area contributed by atoms with E-state index < -0.39 is 11.6 Å². The summed E-state index contributed by atoms with van der Waals surface area (Å²) in [5.41, 5.74) is 0.576. The molecule has 68 valence electrons. The third-order valence-electron chi connectivity index (χ3n) is 1.68. The maximum absolute atomic E-state index is 13.1. The minimum absolute atomic E-state index is 0.186. The number of benzene rings is 1. The zero-order chi connectivity index (χ0) is 9.42. The third-order valence-corrected chi connectivity index (χ3v) is 2.26. The quantitative estimate of drug-likeness (QED) is 0.717. The molecule has 2 rings (SSSR count).